The molecule has 1 aliphatic carbocycles. The van der Waals surface area contributed by atoms with E-state index in [1.54, 1.807) is 0 Å². The van der Waals surface area contributed by atoms with Gasteiger partial charge < -0.3 is 10.6 Å². The second-order valence-electron chi connectivity index (χ2n) is 9.16. The monoisotopic (exact) mass is 549 g/mol. The van der Waals surface area contributed by atoms with Gasteiger partial charge in [0.15, 0.2) is 0 Å². The van der Waals surface area contributed by atoms with Gasteiger partial charge in [0.1, 0.15) is 6.04 Å². The fourth-order valence-corrected chi connectivity index (χ4v) is 6.11. The number of amides is 1. The van der Waals surface area contributed by atoms with Gasteiger partial charge in [-0.25, -0.2) is 8.42 Å². The summed E-state index contributed by atoms with van der Waals surface area (Å²) in [4.78, 5) is 11.7. The van der Waals surface area contributed by atoms with Gasteiger partial charge in [0.05, 0.1) is 22.9 Å². The third-order valence-electron chi connectivity index (χ3n) is 6.62. The van der Waals surface area contributed by atoms with Gasteiger partial charge in [0, 0.05) is 6.54 Å². The molecule has 0 bridgehead atoms. The first kappa shape index (κ1) is 27.4. The van der Waals surface area contributed by atoms with Gasteiger partial charge in [0.2, 0.25) is 15.9 Å². The molecule has 1 amide bonds. The number of sulfonamides is 1. The molecule has 0 spiro atoms. The number of carbonyl (C=O) groups is 1. The minimum atomic E-state index is -5.16. The molecule has 2 aromatic carbocycles. The van der Waals surface area contributed by atoms with Crippen LogP contribution in [-0.4, -0.2) is 33.1 Å². The van der Waals surface area contributed by atoms with E-state index in [0.29, 0.717) is 12.5 Å². The smallest absolute Gasteiger partial charge is 0.349 e. The number of rotatable bonds is 6. The Morgan fingerprint density at radius 2 is 1.81 bits per heavy atom. The highest BCUT2D eigenvalue weighted by atomic mass is 32.2. The highest BCUT2D eigenvalue weighted by Crippen LogP contribution is 2.35. The SMILES string of the molecule is O=C(C[C@@H](NS(=O)(=O)c1cccc(C(F)(F)F)c1)C(F)(F)F)N[C@@H]1CCCc2c1ccc1c2CCNC1. The van der Waals surface area contributed by atoms with Crippen LogP contribution >= 0.6 is 0 Å². The molecule has 4 rings (SSSR count). The Morgan fingerprint density at radius 1 is 1.05 bits per heavy atom. The number of hydrogen-bond acceptors (Lipinski definition) is 4. The summed E-state index contributed by atoms with van der Waals surface area (Å²) >= 11 is 0. The van der Waals surface area contributed by atoms with Crippen LogP contribution in [-0.2, 0) is 40.4 Å². The number of benzene rings is 2. The Kier molecular flexibility index (Phi) is 7.59. The van der Waals surface area contributed by atoms with Crippen LogP contribution in [0.1, 0.15) is 53.1 Å². The molecule has 1 heterocycles. The molecule has 0 aromatic heterocycles. The average molecular weight is 550 g/mol. The first-order valence-corrected chi connectivity index (χ1v) is 13.1. The first-order chi connectivity index (χ1) is 17.3. The van der Waals surface area contributed by atoms with Gasteiger partial charge in [-0.1, -0.05) is 18.2 Å². The van der Waals surface area contributed by atoms with Crippen LogP contribution in [0.2, 0.25) is 0 Å². The van der Waals surface area contributed by atoms with Crippen molar-refractivity contribution < 1.29 is 39.6 Å². The van der Waals surface area contributed by atoms with Crippen LogP contribution < -0.4 is 15.4 Å². The van der Waals surface area contributed by atoms with E-state index >= 15 is 0 Å². The summed E-state index contributed by atoms with van der Waals surface area (Å²) in [5, 5.41) is 5.88. The van der Waals surface area contributed by atoms with Crippen LogP contribution in [0.4, 0.5) is 26.3 Å². The van der Waals surface area contributed by atoms with E-state index in [9.17, 15) is 39.6 Å². The van der Waals surface area contributed by atoms with Gasteiger partial charge in [-0.2, -0.15) is 31.1 Å². The molecule has 2 aliphatic rings. The number of halogens is 6. The molecule has 37 heavy (non-hydrogen) atoms. The Labute approximate surface area is 209 Å². The highest BCUT2D eigenvalue weighted by molar-refractivity contribution is 7.89. The summed E-state index contributed by atoms with van der Waals surface area (Å²) in [5.74, 6) is -1.02. The minimum Gasteiger partial charge on any atom is -0.349 e. The van der Waals surface area contributed by atoms with Gasteiger partial charge >= 0.3 is 12.4 Å². The second-order valence-corrected chi connectivity index (χ2v) is 10.9. The maximum atomic E-state index is 13.7. The Balaban J connectivity index is 1.51. The summed E-state index contributed by atoms with van der Waals surface area (Å²) in [6.45, 7) is 1.53. The Bertz CT molecular complexity index is 1280. The number of hydrogen-bond donors (Lipinski definition) is 3. The fourth-order valence-electron chi connectivity index (χ4n) is 4.84. The molecule has 202 valence electrons. The normalized spacial score (nSPS) is 19.0. The standard InChI is InChI=1S/C24H25F6N3O3S/c25-23(26,27)15-3-1-4-16(11-15)37(35,36)33-21(24(28,29)30)12-22(34)32-20-6-2-5-18-17-9-10-31-13-14(17)7-8-19(18)20/h1,3-4,7-8,11,20-21,31,33H,2,5-6,9-10,12-13H2,(H,32,34)/t20-,21-/m1/s1. The predicted molar refractivity (Wildman–Crippen MR) is 122 cm³/mol. The molecule has 0 fully saturated rings. The molecule has 6 nitrogen and oxygen atoms in total. The maximum Gasteiger partial charge on any atom is 0.416 e. The third kappa shape index (κ3) is 6.27. The van der Waals surface area contributed by atoms with Gasteiger partial charge in [-0.05, 0) is 72.7 Å². The summed E-state index contributed by atoms with van der Waals surface area (Å²) in [5.41, 5.74) is 2.95. The zero-order valence-corrected chi connectivity index (χ0v) is 20.3. The molecular weight excluding hydrogens is 524 g/mol. The lowest BCUT2D eigenvalue weighted by molar-refractivity contribution is -0.158. The van der Waals surface area contributed by atoms with Gasteiger partial charge in [-0.3, -0.25) is 4.79 Å². The van der Waals surface area contributed by atoms with E-state index in [1.165, 1.54) is 10.3 Å². The van der Waals surface area contributed by atoms with Crippen molar-refractivity contribution in [2.75, 3.05) is 6.54 Å². The molecule has 2 atom stereocenters. The molecule has 2 aromatic rings. The van der Waals surface area contributed by atoms with Crippen LogP contribution in [0.3, 0.4) is 0 Å². The van der Waals surface area contributed by atoms with Crippen molar-refractivity contribution in [2.24, 2.45) is 0 Å². The largest absolute Gasteiger partial charge is 0.416 e. The van der Waals surface area contributed by atoms with Crippen molar-refractivity contribution in [3.8, 4) is 0 Å². The molecule has 3 N–H and O–H groups in total. The summed E-state index contributed by atoms with van der Waals surface area (Å²) in [6, 6.07) is 2.82. The lowest BCUT2D eigenvalue weighted by Crippen LogP contribution is -2.48. The van der Waals surface area contributed by atoms with Crippen LogP contribution in [0.15, 0.2) is 41.3 Å². The van der Waals surface area contributed by atoms with E-state index in [-0.39, 0.29) is 6.07 Å². The van der Waals surface area contributed by atoms with E-state index in [1.807, 2.05) is 12.1 Å². The van der Waals surface area contributed by atoms with Gasteiger partial charge in [-0.15, -0.1) is 0 Å². The van der Waals surface area contributed by atoms with Crippen molar-refractivity contribution in [2.45, 2.75) is 68.0 Å². The number of fused-ring (bicyclic) bond motifs is 3. The van der Waals surface area contributed by atoms with E-state index in [2.05, 4.69) is 10.6 Å². The third-order valence-corrected chi connectivity index (χ3v) is 8.08. The van der Waals surface area contributed by atoms with Crippen LogP contribution in [0.25, 0.3) is 0 Å². The zero-order chi connectivity index (χ0) is 27.0. The van der Waals surface area contributed by atoms with Crippen molar-refractivity contribution in [3.63, 3.8) is 0 Å². The molecule has 0 saturated carbocycles. The Morgan fingerprint density at radius 3 is 2.51 bits per heavy atom. The quantitative estimate of drug-likeness (QED) is 0.473. The minimum absolute atomic E-state index is 0.241. The van der Waals surface area contributed by atoms with Crippen molar-refractivity contribution in [3.05, 3.63) is 64.2 Å². The topological polar surface area (TPSA) is 87.3 Å². The summed E-state index contributed by atoms with van der Waals surface area (Å²) < 4.78 is 106. The highest BCUT2D eigenvalue weighted by Gasteiger charge is 2.44. The Hall–Kier alpha value is -2.64. The first-order valence-electron chi connectivity index (χ1n) is 11.7. The molecule has 0 unspecified atom stereocenters. The summed E-state index contributed by atoms with van der Waals surface area (Å²) in [6.07, 6.45) is -8.46. The van der Waals surface area contributed by atoms with Crippen LogP contribution in [0, 0.1) is 0 Å². The van der Waals surface area contributed by atoms with Crippen LogP contribution in [0.5, 0.6) is 0 Å². The molecular formula is C24H25F6N3O3S. The van der Waals surface area contributed by atoms with Crippen molar-refractivity contribution >= 4 is 15.9 Å². The van der Waals surface area contributed by atoms with E-state index < -0.39 is 57.2 Å². The zero-order valence-electron chi connectivity index (χ0n) is 19.5. The molecule has 0 radical (unpaired) electrons. The van der Waals surface area contributed by atoms with Crippen molar-refractivity contribution in [1.82, 2.24) is 15.4 Å². The van der Waals surface area contributed by atoms with Gasteiger partial charge in [0.25, 0.3) is 0 Å². The molecule has 13 heteroatoms. The fraction of sp³-hybridized carbons (Fsp3) is 0.458. The summed E-state index contributed by atoms with van der Waals surface area (Å²) in [7, 11) is -5.02. The number of carbonyl (C=O) groups excluding carboxylic acids is 1. The van der Waals surface area contributed by atoms with Crippen molar-refractivity contribution in [1.29, 1.82) is 0 Å². The number of nitrogens with one attached hydrogen (secondary N) is 3. The predicted octanol–water partition coefficient (Wildman–Crippen LogP) is 4.14. The lowest BCUT2D eigenvalue weighted by Gasteiger charge is -2.31. The van der Waals surface area contributed by atoms with E-state index in [0.717, 1.165) is 61.2 Å². The molecule has 1 aliphatic heterocycles. The average Bonchev–Trinajstić information content (AvgIpc) is 2.82. The second kappa shape index (κ2) is 10.3. The van der Waals surface area contributed by atoms with E-state index in [4.69, 9.17) is 0 Å². The number of alkyl halides is 6. The maximum absolute atomic E-state index is 13.7. The lowest BCUT2D eigenvalue weighted by atomic mass is 9.81. The molecule has 0 saturated heterocycles.